The minimum Gasteiger partial charge on any atom is -0.481 e. The van der Waals surface area contributed by atoms with E-state index < -0.39 is 11.9 Å². The van der Waals surface area contributed by atoms with Gasteiger partial charge in [0.1, 0.15) is 6.29 Å². The number of rotatable bonds is 2. The minimum atomic E-state index is -0.916. The number of hydrogen-bond acceptors (Lipinski definition) is 2. The summed E-state index contributed by atoms with van der Waals surface area (Å²) in [4.78, 5) is 20.6. The summed E-state index contributed by atoms with van der Waals surface area (Å²) in [5.74, 6) is -1.54. The number of allylic oxidation sites excluding steroid dienone is 2. The van der Waals surface area contributed by atoms with Crippen LogP contribution in [0.4, 0.5) is 0 Å². The summed E-state index contributed by atoms with van der Waals surface area (Å²) in [6.45, 7) is 0. The van der Waals surface area contributed by atoms with Crippen molar-refractivity contribution in [2.45, 2.75) is 6.42 Å². The molecule has 0 saturated carbocycles. The normalized spacial score (nSPS) is 22.5. The molecule has 0 aromatic heterocycles. The second-order valence-electron chi connectivity index (χ2n) is 2.36. The molecule has 0 aromatic carbocycles. The average molecular weight is 152 g/mol. The maximum Gasteiger partial charge on any atom is 0.314 e. The Labute approximate surface area is 64.0 Å². The molecular weight excluding hydrogens is 144 g/mol. The Morgan fingerprint density at radius 2 is 2.45 bits per heavy atom. The quantitative estimate of drug-likeness (QED) is 0.469. The van der Waals surface area contributed by atoms with Crippen LogP contribution in [0.1, 0.15) is 6.42 Å². The molecular formula is C8H8O3. The molecule has 3 nitrogen and oxygen atoms in total. The molecule has 11 heavy (non-hydrogen) atoms. The molecule has 1 unspecified atom stereocenters. The van der Waals surface area contributed by atoms with Gasteiger partial charge in [-0.05, 0) is 12.0 Å². The summed E-state index contributed by atoms with van der Waals surface area (Å²) < 4.78 is 0. The predicted octanol–water partition coefficient (Wildman–Crippen LogP) is 0.772. The monoisotopic (exact) mass is 152 g/mol. The van der Waals surface area contributed by atoms with Crippen LogP contribution < -0.4 is 0 Å². The summed E-state index contributed by atoms with van der Waals surface area (Å²) in [6.07, 6.45) is 5.99. The van der Waals surface area contributed by atoms with Crippen molar-refractivity contribution >= 4 is 12.3 Å². The fourth-order valence-electron chi connectivity index (χ4n) is 0.946. The van der Waals surface area contributed by atoms with Crippen molar-refractivity contribution < 1.29 is 14.7 Å². The van der Waals surface area contributed by atoms with Crippen LogP contribution in [0.15, 0.2) is 23.8 Å². The zero-order valence-corrected chi connectivity index (χ0v) is 5.86. The van der Waals surface area contributed by atoms with Gasteiger partial charge in [-0.25, -0.2) is 0 Å². The van der Waals surface area contributed by atoms with Gasteiger partial charge in [0.15, 0.2) is 0 Å². The first-order valence-corrected chi connectivity index (χ1v) is 3.29. The van der Waals surface area contributed by atoms with Crippen LogP contribution in [0, 0.1) is 5.92 Å². The molecule has 0 bridgehead atoms. The average Bonchev–Trinajstić information content (AvgIpc) is 2.05. The smallest absolute Gasteiger partial charge is 0.314 e. The van der Waals surface area contributed by atoms with Crippen LogP contribution in [-0.4, -0.2) is 17.4 Å². The first-order chi connectivity index (χ1) is 5.24. The van der Waals surface area contributed by atoms with E-state index >= 15 is 0 Å². The third-order valence-corrected chi connectivity index (χ3v) is 1.53. The number of carboxylic acids is 1. The first kappa shape index (κ1) is 7.72. The van der Waals surface area contributed by atoms with E-state index in [1.165, 1.54) is 6.08 Å². The van der Waals surface area contributed by atoms with Crippen molar-refractivity contribution in [3.63, 3.8) is 0 Å². The Kier molecular flexibility index (Phi) is 2.21. The SMILES string of the molecule is O=CC1=CC(C(=O)O)C=CC1. The molecule has 0 amide bonds. The van der Waals surface area contributed by atoms with E-state index in [4.69, 9.17) is 5.11 Å². The summed E-state index contributed by atoms with van der Waals surface area (Å²) >= 11 is 0. The number of hydrogen-bond donors (Lipinski definition) is 1. The second kappa shape index (κ2) is 3.14. The fourth-order valence-corrected chi connectivity index (χ4v) is 0.946. The highest BCUT2D eigenvalue weighted by Gasteiger charge is 2.14. The Morgan fingerprint density at radius 1 is 1.73 bits per heavy atom. The highest BCUT2D eigenvalue weighted by molar-refractivity contribution is 5.80. The number of aliphatic carboxylic acids is 1. The highest BCUT2D eigenvalue weighted by atomic mass is 16.4. The molecule has 1 rings (SSSR count). The van der Waals surface area contributed by atoms with Gasteiger partial charge in [0.2, 0.25) is 0 Å². The van der Waals surface area contributed by atoms with Crippen LogP contribution in [0.2, 0.25) is 0 Å². The number of carbonyl (C=O) groups excluding carboxylic acids is 1. The third kappa shape index (κ3) is 1.77. The van der Waals surface area contributed by atoms with Gasteiger partial charge in [-0.3, -0.25) is 9.59 Å². The molecule has 1 aliphatic carbocycles. The zero-order valence-electron chi connectivity index (χ0n) is 5.86. The Bertz CT molecular complexity index is 238. The van der Waals surface area contributed by atoms with E-state index in [9.17, 15) is 9.59 Å². The molecule has 1 N–H and O–H groups in total. The Morgan fingerprint density at radius 3 is 3.00 bits per heavy atom. The van der Waals surface area contributed by atoms with Gasteiger partial charge in [-0.15, -0.1) is 0 Å². The molecule has 0 aliphatic heterocycles. The lowest BCUT2D eigenvalue weighted by molar-refractivity contribution is -0.138. The van der Waals surface area contributed by atoms with E-state index in [2.05, 4.69) is 0 Å². The number of carbonyl (C=O) groups is 2. The van der Waals surface area contributed by atoms with E-state index in [1.54, 1.807) is 12.2 Å². The van der Waals surface area contributed by atoms with Gasteiger partial charge in [-0.2, -0.15) is 0 Å². The minimum absolute atomic E-state index is 0.542. The van der Waals surface area contributed by atoms with E-state index in [0.29, 0.717) is 18.3 Å². The molecule has 1 aliphatic rings. The Balaban J connectivity index is 2.76. The maximum atomic E-state index is 10.4. The molecule has 0 heterocycles. The van der Waals surface area contributed by atoms with Crippen LogP contribution in [0.25, 0.3) is 0 Å². The van der Waals surface area contributed by atoms with Crippen LogP contribution in [-0.2, 0) is 9.59 Å². The predicted molar refractivity (Wildman–Crippen MR) is 39.0 cm³/mol. The van der Waals surface area contributed by atoms with E-state index in [1.807, 2.05) is 0 Å². The lowest BCUT2D eigenvalue weighted by Gasteiger charge is -2.07. The highest BCUT2D eigenvalue weighted by Crippen LogP contribution is 2.14. The lowest BCUT2D eigenvalue weighted by Crippen LogP contribution is -2.11. The van der Waals surface area contributed by atoms with Crippen molar-refractivity contribution in [2.75, 3.05) is 0 Å². The fraction of sp³-hybridized carbons (Fsp3) is 0.250. The Hall–Kier alpha value is -1.38. The van der Waals surface area contributed by atoms with Crippen molar-refractivity contribution in [1.82, 2.24) is 0 Å². The summed E-state index contributed by atoms with van der Waals surface area (Å²) in [5, 5.41) is 8.54. The van der Waals surface area contributed by atoms with Gasteiger partial charge in [0.25, 0.3) is 0 Å². The third-order valence-electron chi connectivity index (χ3n) is 1.53. The van der Waals surface area contributed by atoms with Crippen LogP contribution >= 0.6 is 0 Å². The summed E-state index contributed by atoms with van der Waals surface area (Å²) in [5.41, 5.74) is 0.542. The summed E-state index contributed by atoms with van der Waals surface area (Å²) in [7, 11) is 0. The van der Waals surface area contributed by atoms with Crippen LogP contribution in [0.3, 0.4) is 0 Å². The molecule has 1 atom stereocenters. The second-order valence-corrected chi connectivity index (χ2v) is 2.36. The number of aldehydes is 1. The van der Waals surface area contributed by atoms with Gasteiger partial charge < -0.3 is 5.11 Å². The molecule has 0 radical (unpaired) electrons. The van der Waals surface area contributed by atoms with Gasteiger partial charge in [0, 0.05) is 0 Å². The maximum absolute atomic E-state index is 10.4. The van der Waals surface area contributed by atoms with Crippen molar-refractivity contribution in [1.29, 1.82) is 0 Å². The largest absolute Gasteiger partial charge is 0.481 e. The molecule has 0 spiro atoms. The van der Waals surface area contributed by atoms with Crippen molar-refractivity contribution in [3.05, 3.63) is 23.8 Å². The van der Waals surface area contributed by atoms with Gasteiger partial charge >= 0.3 is 5.97 Å². The number of carboxylic acid groups (broad SMARTS) is 1. The molecule has 0 aromatic rings. The van der Waals surface area contributed by atoms with E-state index in [0.717, 1.165) is 0 Å². The van der Waals surface area contributed by atoms with E-state index in [-0.39, 0.29) is 0 Å². The standard InChI is InChI=1S/C8H8O3/c9-5-6-2-1-3-7(4-6)8(10)11/h1,3-5,7H,2H2,(H,10,11). The summed E-state index contributed by atoms with van der Waals surface area (Å²) in [6, 6.07) is 0. The molecule has 3 heteroatoms. The van der Waals surface area contributed by atoms with Crippen molar-refractivity contribution in [2.24, 2.45) is 5.92 Å². The lowest BCUT2D eigenvalue weighted by atomic mass is 9.98. The molecule has 0 saturated heterocycles. The van der Waals surface area contributed by atoms with Crippen molar-refractivity contribution in [3.8, 4) is 0 Å². The molecule has 0 fully saturated rings. The van der Waals surface area contributed by atoms with Gasteiger partial charge in [0.05, 0.1) is 5.92 Å². The van der Waals surface area contributed by atoms with Crippen LogP contribution in [0.5, 0.6) is 0 Å². The van der Waals surface area contributed by atoms with Gasteiger partial charge in [-0.1, -0.05) is 18.2 Å². The zero-order chi connectivity index (χ0) is 8.27. The topological polar surface area (TPSA) is 54.4 Å². The first-order valence-electron chi connectivity index (χ1n) is 3.29. The molecule has 58 valence electrons.